The second-order valence-corrected chi connectivity index (χ2v) is 2.59. The van der Waals surface area contributed by atoms with Crippen LogP contribution in [0.1, 0.15) is 6.42 Å². The Labute approximate surface area is 59.2 Å². The van der Waals surface area contributed by atoms with Gasteiger partial charge in [0.1, 0.15) is 6.10 Å². The number of fused-ring (bicyclic) bond motifs is 2. The number of carbonyl (C=O) groups excluding carboxylic acids is 1. The SMILES string of the molecule is O=C1O[C@@H]2C=CC=C[C@H]1C2. The van der Waals surface area contributed by atoms with Crippen molar-refractivity contribution in [2.45, 2.75) is 12.5 Å². The summed E-state index contributed by atoms with van der Waals surface area (Å²) in [5.74, 6) is -0.0643. The van der Waals surface area contributed by atoms with Gasteiger partial charge in [0.15, 0.2) is 0 Å². The molecule has 1 fully saturated rings. The van der Waals surface area contributed by atoms with Crippen LogP contribution in [0.4, 0.5) is 0 Å². The largest absolute Gasteiger partial charge is 0.458 e. The maximum atomic E-state index is 10.9. The highest BCUT2D eigenvalue weighted by Gasteiger charge is 2.31. The Morgan fingerprint density at radius 2 is 2.20 bits per heavy atom. The smallest absolute Gasteiger partial charge is 0.313 e. The lowest BCUT2D eigenvalue weighted by atomic mass is 10.1. The molecule has 0 N–H and O–H groups in total. The molecular formula is C8H8O2. The molecule has 10 heavy (non-hydrogen) atoms. The molecule has 0 aromatic carbocycles. The first-order valence-corrected chi connectivity index (χ1v) is 3.42. The van der Waals surface area contributed by atoms with E-state index in [0.29, 0.717) is 0 Å². The molecule has 2 rings (SSSR count). The maximum absolute atomic E-state index is 10.9. The number of hydrogen-bond donors (Lipinski definition) is 0. The minimum atomic E-state index is -0.0781. The third-order valence-electron chi connectivity index (χ3n) is 1.84. The topological polar surface area (TPSA) is 26.3 Å². The first-order chi connectivity index (χ1) is 4.86. The summed E-state index contributed by atoms with van der Waals surface area (Å²) in [4.78, 5) is 10.9. The van der Waals surface area contributed by atoms with Gasteiger partial charge in [0, 0.05) is 6.42 Å². The Kier molecular flexibility index (Phi) is 1.13. The van der Waals surface area contributed by atoms with Crippen LogP contribution in [-0.4, -0.2) is 12.1 Å². The Hall–Kier alpha value is -1.05. The molecule has 2 atom stereocenters. The number of hydrogen-bond acceptors (Lipinski definition) is 2. The zero-order valence-corrected chi connectivity index (χ0v) is 5.49. The highest BCUT2D eigenvalue weighted by molar-refractivity contribution is 5.77. The van der Waals surface area contributed by atoms with E-state index in [4.69, 9.17) is 4.74 Å². The van der Waals surface area contributed by atoms with Crippen LogP contribution in [-0.2, 0) is 9.53 Å². The number of allylic oxidation sites excluding steroid dienone is 2. The van der Waals surface area contributed by atoms with Gasteiger partial charge in [-0.15, -0.1) is 0 Å². The van der Waals surface area contributed by atoms with Crippen molar-refractivity contribution in [3.8, 4) is 0 Å². The van der Waals surface area contributed by atoms with Gasteiger partial charge in [0.2, 0.25) is 0 Å². The van der Waals surface area contributed by atoms with Gasteiger partial charge >= 0.3 is 5.97 Å². The van der Waals surface area contributed by atoms with Crippen LogP contribution >= 0.6 is 0 Å². The molecule has 1 aliphatic carbocycles. The molecule has 2 nitrogen and oxygen atoms in total. The minimum absolute atomic E-state index is 0.0139. The highest BCUT2D eigenvalue weighted by atomic mass is 16.5. The van der Waals surface area contributed by atoms with E-state index < -0.39 is 0 Å². The molecule has 52 valence electrons. The lowest BCUT2D eigenvalue weighted by Gasteiger charge is -1.99. The van der Waals surface area contributed by atoms with Crippen molar-refractivity contribution >= 4 is 5.97 Å². The summed E-state index contributed by atoms with van der Waals surface area (Å²) in [5.41, 5.74) is 0. The Morgan fingerprint density at radius 3 is 3.10 bits per heavy atom. The van der Waals surface area contributed by atoms with E-state index in [1.807, 2.05) is 24.3 Å². The summed E-state index contributed by atoms with van der Waals surface area (Å²) >= 11 is 0. The molecule has 2 aliphatic rings. The quantitative estimate of drug-likeness (QED) is 0.465. The van der Waals surface area contributed by atoms with Crippen molar-refractivity contribution in [3.63, 3.8) is 0 Å². The van der Waals surface area contributed by atoms with Crippen LogP contribution in [0.25, 0.3) is 0 Å². The lowest BCUT2D eigenvalue weighted by molar-refractivity contribution is -0.142. The molecule has 0 radical (unpaired) electrons. The van der Waals surface area contributed by atoms with E-state index in [-0.39, 0.29) is 18.0 Å². The predicted octanol–water partition coefficient (Wildman–Crippen LogP) is 1.04. The number of carbonyl (C=O) groups is 1. The van der Waals surface area contributed by atoms with Gasteiger partial charge in [0.05, 0.1) is 5.92 Å². The van der Waals surface area contributed by atoms with Crippen LogP contribution in [0, 0.1) is 5.92 Å². The van der Waals surface area contributed by atoms with Crippen molar-refractivity contribution in [1.29, 1.82) is 0 Å². The Morgan fingerprint density at radius 1 is 1.40 bits per heavy atom. The molecule has 0 aromatic rings. The lowest BCUT2D eigenvalue weighted by Crippen LogP contribution is -2.05. The van der Waals surface area contributed by atoms with Crippen LogP contribution < -0.4 is 0 Å². The van der Waals surface area contributed by atoms with Gasteiger partial charge in [-0.05, 0) is 6.08 Å². The third kappa shape index (κ3) is 0.764. The molecule has 0 unspecified atom stereocenters. The summed E-state index contributed by atoms with van der Waals surface area (Å²) in [6, 6.07) is 0. The van der Waals surface area contributed by atoms with Gasteiger partial charge in [-0.25, -0.2) is 0 Å². The molecule has 0 aromatic heterocycles. The summed E-state index contributed by atoms with van der Waals surface area (Å²) in [6.45, 7) is 0. The average Bonchev–Trinajstić information content (AvgIpc) is 2.18. The fourth-order valence-corrected chi connectivity index (χ4v) is 1.29. The van der Waals surface area contributed by atoms with Gasteiger partial charge in [-0.3, -0.25) is 4.79 Å². The molecule has 0 saturated carbocycles. The summed E-state index contributed by atoms with van der Waals surface area (Å²) in [6.07, 6.45) is 8.51. The van der Waals surface area contributed by atoms with Crippen molar-refractivity contribution in [3.05, 3.63) is 24.3 Å². The summed E-state index contributed by atoms with van der Waals surface area (Å²) in [7, 11) is 0. The number of rotatable bonds is 0. The van der Waals surface area contributed by atoms with E-state index in [1.54, 1.807) is 0 Å². The van der Waals surface area contributed by atoms with Crippen molar-refractivity contribution < 1.29 is 9.53 Å². The fourth-order valence-electron chi connectivity index (χ4n) is 1.29. The number of ether oxygens (including phenoxy) is 1. The third-order valence-corrected chi connectivity index (χ3v) is 1.84. The summed E-state index contributed by atoms with van der Waals surface area (Å²) in [5, 5.41) is 0. The van der Waals surface area contributed by atoms with Crippen LogP contribution in [0.5, 0.6) is 0 Å². The van der Waals surface area contributed by atoms with Crippen molar-refractivity contribution in [2.24, 2.45) is 5.92 Å². The normalized spacial score (nSPS) is 35.8. The highest BCUT2D eigenvalue weighted by Crippen LogP contribution is 2.24. The maximum Gasteiger partial charge on any atom is 0.313 e. The minimum Gasteiger partial charge on any atom is -0.458 e. The molecule has 0 amide bonds. The van der Waals surface area contributed by atoms with Gasteiger partial charge in [-0.1, -0.05) is 18.2 Å². The van der Waals surface area contributed by atoms with E-state index in [2.05, 4.69) is 0 Å². The monoisotopic (exact) mass is 136 g/mol. The molecule has 0 spiro atoms. The van der Waals surface area contributed by atoms with E-state index in [1.165, 1.54) is 0 Å². The van der Waals surface area contributed by atoms with Crippen LogP contribution in [0.2, 0.25) is 0 Å². The van der Waals surface area contributed by atoms with E-state index in [9.17, 15) is 4.79 Å². The van der Waals surface area contributed by atoms with E-state index in [0.717, 1.165) is 6.42 Å². The zero-order valence-electron chi connectivity index (χ0n) is 5.49. The van der Waals surface area contributed by atoms with Gasteiger partial charge in [-0.2, -0.15) is 0 Å². The molecule has 1 aliphatic heterocycles. The average molecular weight is 136 g/mol. The first kappa shape index (κ1) is 5.71. The molecule has 1 saturated heterocycles. The second-order valence-electron chi connectivity index (χ2n) is 2.59. The zero-order chi connectivity index (χ0) is 6.97. The standard InChI is InChI=1S/C8H8O2/c9-8-6-3-1-2-4-7(5-6)10-8/h1-4,6-7H,5H2/t6-,7+/m0/s1. The molecule has 2 bridgehead atoms. The fraction of sp³-hybridized carbons (Fsp3) is 0.375. The van der Waals surface area contributed by atoms with E-state index >= 15 is 0 Å². The Bertz CT molecular complexity index is 215. The first-order valence-electron chi connectivity index (χ1n) is 3.42. The van der Waals surface area contributed by atoms with Crippen LogP contribution in [0.15, 0.2) is 24.3 Å². The van der Waals surface area contributed by atoms with Gasteiger partial charge < -0.3 is 4.74 Å². The second kappa shape index (κ2) is 1.97. The molecular weight excluding hydrogens is 128 g/mol. The molecule has 1 heterocycles. The van der Waals surface area contributed by atoms with Crippen LogP contribution in [0.3, 0.4) is 0 Å². The predicted molar refractivity (Wildman–Crippen MR) is 36.3 cm³/mol. The van der Waals surface area contributed by atoms with Crippen molar-refractivity contribution in [2.75, 3.05) is 0 Å². The number of esters is 1. The van der Waals surface area contributed by atoms with Gasteiger partial charge in [0.25, 0.3) is 0 Å². The summed E-state index contributed by atoms with van der Waals surface area (Å²) < 4.78 is 4.99. The van der Waals surface area contributed by atoms with Crippen molar-refractivity contribution in [1.82, 2.24) is 0 Å². The Balaban J connectivity index is 2.29. The molecule has 2 heteroatoms.